The van der Waals surface area contributed by atoms with Crippen molar-refractivity contribution in [2.75, 3.05) is 13.2 Å². The van der Waals surface area contributed by atoms with E-state index in [4.69, 9.17) is 9.72 Å². The highest BCUT2D eigenvalue weighted by Crippen LogP contribution is 2.46. The van der Waals surface area contributed by atoms with Crippen LogP contribution in [0.3, 0.4) is 0 Å². The van der Waals surface area contributed by atoms with Crippen molar-refractivity contribution in [2.45, 2.75) is 69.9 Å². The molecule has 4 rings (SSSR count). The van der Waals surface area contributed by atoms with E-state index in [1.165, 1.54) is 55.6 Å². The molecule has 116 valence electrons. The predicted molar refractivity (Wildman–Crippen MR) is 85.9 cm³/mol. The van der Waals surface area contributed by atoms with Gasteiger partial charge in [-0.1, -0.05) is 0 Å². The Bertz CT molecular complexity index is 493. The molecule has 2 saturated carbocycles. The first-order chi connectivity index (χ1) is 10.3. The molecule has 0 amide bonds. The summed E-state index contributed by atoms with van der Waals surface area (Å²) >= 11 is 1.94. The summed E-state index contributed by atoms with van der Waals surface area (Å²) in [6.07, 6.45) is 9.53. The highest BCUT2D eigenvalue weighted by molar-refractivity contribution is 7.11. The molecule has 1 aromatic rings. The van der Waals surface area contributed by atoms with Crippen molar-refractivity contribution in [2.24, 2.45) is 5.92 Å². The molecule has 2 unspecified atom stereocenters. The lowest BCUT2D eigenvalue weighted by Gasteiger charge is -2.21. The third kappa shape index (κ3) is 3.17. The van der Waals surface area contributed by atoms with Crippen molar-refractivity contribution in [1.82, 2.24) is 10.3 Å². The van der Waals surface area contributed by atoms with Crippen LogP contribution in [0, 0.1) is 5.92 Å². The van der Waals surface area contributed by atoms with Crippen LogP contribution in [-0.4, -0.2) is 24.2 Å². The average molecular weight is 306 g/mol. The zero-order valence-corrected chi connectivity index (χ0v) is 13.8. The molecule has 3 aliphatic rings. The van der Waals surface area contributed by atoms with E-state index >= 15 is 0 Å². The standard InChI is InChI=1S/C17H26N2OS/c1-2-20-16(11-6-7-11)17-19-15-12(10-18-13-8-9-13)4-3-5-14(15)21-17/h11-13,16,18H,2-10H2,1H3. The van der Waals surface area contributed by atoms with Gasteiger partial charge < -0.3 is 10.1 Å². The molecular weight excluding hydrogens is 280 g/mol. The first kappa shape index (κ1) is 14.2. The Labute approximate surface area is 131 Å². The average Bonchev–Trinajstić information content (AvgIpc) is 3.40. The maximum absolute atomic E-state index is 6.01. The van der Waals surface area contributed by atoms with Gasteiger partial charge in [-0.05, 0) is 57.8 Å². The first-order valence-electron chi connectivity index (χ1n) is 8.69. The number of nitrogens with one attached hydrogen (secondary N) is 1. The lowest BCUT2D eigenvalue weighted by Crippen LogP contribution is -2.26. The minimum Gasteiger partial charge on any atom is -0.371 e. The Balaban J connectivity index is 1.51. The van der Waals surface area contributed by atoms with Crippen molar-refractivity contribution in [1.29, 1.82) is 0 Å². The molecule has 1 aromatic heterocycles. The number of hydrogen-bond donors (Lipinski definition) is 1. The SMILES string of the molecule is CCOC(c1nc2c(s1)CCCC2CNC1CC1)C1CC1. The molecule has 0 bridgehead atoms. The maximum atomic E-state index is 6.01. The largest absolute Gasteiger partial charge is 0.371 e. The van der Waals surface area contributed by atoms with Gasteiger partial charge in [0.15, 0.2) is 0 Å². The third-order valence-electron chi connectivity index (χ3n) is 4.96. The van der Waals surface area contributed by atoms with Crippen molar-refractivity contribution in [3.05, 3.63) is 15.6 Å². The van der Waals surface area contributed by atoms with E-state index in [0.717, 1.165) is 25.1 Å². The monoisotopic (exact) mass is 306 g/mol. The van der Waals surface area contributed by atoms with Crippen molar-refractivity contribution in [3.8, 4) is 0 Å². The molecule has 3 aliphatic carbocycles. The van der Waals surface area contributed by atoms with E-state index in [2.05, 4.69) is 12.2 Å². The minimum atomic E-state index is 0.280. The molecule has 0 aromatic carbocycles. The summed E-state index contributed by atoms with van der Waals surface area (Å²) in [5.74, 6) is 1.38. The molecule has 1 N–H and O–H groups in total. The summed E-state index contributed by atoms with van der Waals surface area (Å²) in [5.41, 5.74) is 1.40. The van der Waals surface area contributed by atoms with Crippen LogP contribution >= 0.6 is 11.3 Å². The van der Waals surface area contributed by atoms with Crippen LogP contribution in [0.5, 0.6) is 0 Å². The molecule has 4 heteroatoms. The van der Waals surface area contributed by atoms with E-state index in [-0.39, 0.29) is 6.10 Å². The van der Waals surface area contributed by atoms with E-state index < -0.39 is 0 Å². The van der Waals surface area contributed by atoms with Gasteiger partial charge >= 0.3 is 0 Å². The molecule has 1 heterocycles. The van der Waals surface area contributed by atoms with Gasteiger partial charge in [-0.2, -0.15) is 0 Å². The highest BCUT2D eigenvalue weighted by atomic mass is 32.1. The van der Waals surface area contributed by atoms with Gasteiger partial charge in [0.1, 0.15) is 11.1 Å². The molecule has 2 fully saturated rings. The third-order valence-corrected chi connectivity index (χ3v) is 6.15. The summed E-state index contributed by atoms with van der Waals surface area (Å²) in [7, 11) is 0. The summed E-state index contributed by atoms with van der Waals surface area (Å²) in [6.45, 7) is 4.03. The fourth-order valence-electron chi connectivity index (χ4n) is 3.43. The van der Waals surface area contributed by atoms with Crippen LogP contribution in [-0.2, 0) is 11.2 Å². The highest BCUT2D eigenvalue weighted by Gasteiger charge is 2.36. The maximum Gasteiger partial charge on any atom is 0.122 e. The van der Waals surface area contributed by atoms with Crippen molar-refractivity contribution >= 4 is 11.3 Å². The molecule has 2 atom stereocenters. The predicted octanol–water partition coefficient (Wildman–Crippen LogP) is 3.80. The van der Waals surface area contributed by atoms with E-state index in [1.54, 1.807) is 4.88 Å². The van der Waals surface area contributed by atoms with Gasteiger partial charge in [-0.25, -0.2) is 4.98 Å². The van der Waals surface area contributed by atoms with Crippen LogP contribution in [0.15, 0.2) is 0 Å². The lowest BCUT2D eigenvalue weighted by atomic mass is 9.91. The molecular formula is C17H26N2OS. The Morgan fingerprint density at radius 3 is 2.86 bits per heavy atom. The van der Waals surface area contributed by atoms with Gasteiger partial charge in [0.05, 0.1) is 5.69 Å². The summed E-state index contributed by atoms with van der Waals surface area (Å²) < 4.78 is 6.01. The molecule has 0 saturated heterocycles. The van der Waals surface area contributed by atoms with E-state index in [9.17, 15) is 0 Å². The zero-order valence-electron chi connectivity index (χ0n) is 12.9. The number of ether oxygens (including phenoxy) is 1. The number of nitrogens with zero attached hydrogens (tertiary/aromatic N) is 1. The van der Waals surface area contributed by atoms with Crippen LogP contribution in [0.4, 0.5) is 0 Å². The lowest BCUT2D eigenvalue weighted by molar-refractivity contribution is 0.0461. The summed E-state index contributed by atoms with van der Waals surface area (Å²) in [6, 6.07) is 0.802. The molecule has 3 nitrogen and oxygen atoms in total. The number of rotatable bonds is 7. The number of thiazole rings is 1. The first-order valence-corrected chi connectivity index (χ1v) is 9.51. The normalized spacial score (nSPS) is 26.6. The van der Waals surface area contributed by atoms with Crippen LogP contribution in [0.1, 0.15) is 73.0 Å². The zero-order chi connectivity index (χ0) is 14.2. The Morgan fingerprint density at radius 1 is 1.29 bits per heavy atom. The van der Waals surface area contributed by atoms with Gasteiger partial charge in [0, 0.05) is 30.0 Å². The van der Waals surface area contributed by atoms with Crippen LogP contribution < -0.4 is 5.32 Å². The molecule has 0 aliphatic heterocycles. The van der Waals surface area contributed by atoms with Crippen LogP contribution in [0.2, 0.25) is 0 Å². The topological polar surface area (TPSA) is 34.1 Å². The second kappa shape index (κ2) is 5.98. The van der Waals surface area contributed by atoms with Crippen molar-refractivity contribution < 1.29 is 4.74 Å². The minimum absolute atomic E-state index is 0.280. The van der Waals surface area contributed by atoms with Gasteiger partial charge in [0.2, 0.25) is 0 Å². The van der Waals surface area contributed by atoms with Gasteiger partial charge in [-0.15, -0.1) is 11.3 Å². The smallest absolute Gasteiger partial charge is 0.122 e. The number of hydrogen-bond acceptors (Lipinski definition) is 4. The van der Waals surface area contributed by atoms with E-state index in [1.807, 2.05) is 11.3 Å². The fraction of sp³-hybridized carbons (Fsp3) is 0.824. The van der Waals surface area contributed by atoms with Crippen molar-refractivity contribution in [3.63, 3.8) is 0 Å². The second-order valence-corrected chi connectivity index (χ2v) is 7.96. The quantitative estimate of drug-likeness (QED) is 0.832. The summed E-state index contributed by atoms with van der Waals surface area (Å²) in [5, 5.41) is 4.97. The molecule has 0 spiro atoms. The Kier molecular flexibility index (Phi) is 4.03. The number of aryl methyl sites for hydroxylation is 1. The Morgan fingerprint density at radius 2 is 2.14 bits per heavy atom. The number of fused-ring (bicyclic) bond motifs is 1. The summed E-state index contributed by atoms with van der Waals surface area (Å²) in [4.78, 5) is 6.61. The van der Waals surface area contributed by atoms with E-state index in [0.29, 0.717) is 5.92 Å². The number of aromatic nitrogens is 1. The molecule has 21 heavy (non-hydrogen) atoms. The second-order valence-electron chi connectivity index (χ2n) is 6.85. The van der Waals surface area contributed by atoms with Gasteiger partial charge in [-0.3, -0.25) is 0 Å². The van der Waals surface area contributed by atoms with Crippen LogP contribution in [0.25, 0.3) is 0 Å². The van der Waals surface area contributed by atoms with Gasteiger partial charge in [0.25, 0.3) is 0 Å². The Hall–Kier alpha value is -0.450. The fourth-order valence-corrected chi connectivity index (χ4v) is 4.77. The molecule has 0 radical (unpaired) electrons.